The first-order valence-corrected chi connectivity index (χ1v) is 6.43. The van der Waals surface area contributed by atoms with Gasteiger partial charge in [-0.25, -0.2) is 4.79 Å². The van der Waals surface area contributed by atoms with Crippen LogP contribution in [0.5, 0.6) is 0 Å². The fourth-order valence-electron chi connectivity index (χ4n) is 2.20. The summed E-state index contributed by atoms with van der Waals surface area (Å²) in [5.74, 6) is -0.228. The first-order chi connectivity index (χ1) is 8.79. The topological polar surface area (TPSA) is 26.3 Å². The van der Waals surface area contributed by atoms with E-state index in [4.69, 9.17) is 4.74 Å². The molecular formula is C16H18O2. The van der Waals surface area contributed by atoms with Gasteiger partial charge in [-0.3, -0.25) is 0 Å². The van der Waals surface area contributed by atoms with Gasteiger partial charge in [-0.1, -0.05) is 36.4 Å². The van der Waals surface area contributed by atoms with Crippen LogP contribution in [0.15, 0.2) is 47.6 Å². The lowest BCUT2D eigenvalue weighted by Crippen LogP contribution is -2.00. The van der Waals surface area contributed by atoms with Gasteiger partial charge in [-0.15, -0.1) is 0 Å². The molecule has 94 valence electrons. The monoisotopic (exact) mass is 242 g/mol. The number of hydrogen-bond acceptors (Lipinski definition) is 2. The predicted molar refractivity (Wildman–Crippen MR) is 73.0 cm³/mol. The van der Waals surface area contributed by atoms with Crippen LogP contribution in [0.25, 0.3) is 6.08 Å². The zero-order valence-corrected chi connectivity index (χ0v) is 10.7. The highest BCUT2D eigenvalue weighted by molar-refractivity contribution is 5.84. The van der Waals surface area contributed by atoms with Gasteiger partial charge in [0.1, 0.15) is 0 Å². The van der Waals surface area contributed by atoms with Crippen molar-refractivity contribution < 1.29 is 9.53 Å². The molecule has 1 aromatic rings. The van der Waals surface area contributed by atoms with Crippen LogP contribution in [-0.4, -0.2) is 12.6 Å². The van der Waals surface area contributed by atoms with Crippen molar-refractivity contribution in [2.24, 2.45) is 0 Å². The van der Waals surface area contributed by atoms with E-state index in [1.165, 1.54) is 11.1 Å². The van der Waals surface area contributed by atoms with Gasteiger partial charge in [0.15, 0.2) is 0 Å². The Bertz CT molecular complexity index is 469. The highest BCUT2D eigenvalue weighted by Gasteiger charge is 2.15. The van der Waals surface area contributed by atoms with E-state index in [-0.39, 0.29) is 5.97 Å². The van der Waals surface area contributed by atoms with Crippen molar-refractivity contribution in [1.82, 2.24) is 0 Å². The molecule has 1 aliphatic rings. The van der Waals surface area contributed by atoms with Crippen molar-refractivity contribution in [3.05, 3.63) is 53.1 Å². The summed E-state index contributed by atoms with van der Waals surface area (Å²) in [4.78, 5) is 11.5. The molecule has 0 aliphatic heterocycles. The van der Waals surface area contributed by atoms with E-state index in [1.54, 1.807) is 6.08 Å². The summed E-state index contributed by atoms with van der Waals surface area (Å²) < 4.78 is 4.96. The minimum atomic E-state index is -0.228. The number of benzene rings is 1. The molecule has 0 atom stereocenters. The fourth-order valence-corrected chi connectivity index (χ4v) is 2.20. The Morgan fingerprint density at radius 3 is 2.67 bits per heavy atom. The SMILES string of the molecule is CCOC(=O)/C=C1\CCC\C1=C/c1ccccc1. The molecule has 0 unspecified atom stereocenters. The number of hydrogen-bond donors (Lipinski definition) is 0. The van der Waals surface area contributed by atoms with Crippen LogP contribution in [-0.2, 0) is 9.53 Å². The minimum Gasteiger partial charge on any atom is -0.463 e. The van der Waals surface area contributed by atoms with Crippen LogP contribution in [0.4, 0.5) is 0 Å². The van der Waals surface area contributed by atoms with Crippen LogP contribution in [0, 0.1) is 0 Å². The number of carbonyl (C=O) groups is 1. The largest absolute Gasteiger partial charge is 0.463 e. The second-order valence-electron chi connectivity index (χ2n) is 4.36. The molecule has 18 heavy (non-hydrogen) atoms. The summed E-state index contributed by atoms with van der Waals surface area (Å²) in [6, 6.07) is 10.2. The molecule has 0 aromatic heterocycles. The van der Waals surface area contributed by atoms with Crippen molar-refractivity contribution in [3.8, 4) is 0 Å². The van der Waals surface area contributed by atoms with Gasteiger partial charge in [-0.2, -0.15) is 0 Å². The quantitative estimate of drug-likeness (QED) is 0.596. The van der Waals surface area contributed by atoms with Crippen molar-refractivity contribution in [2.45, 2.75) is 26.2 Å². The van der Waals surface area contributed by atoms with E-state index in [2.05, 4.69) is 18.2 Å². The summed E-state index contributed by atoms with van der Waals surface area (Å²) in [6.45, 7) is 2.26. The summed E-state index contributed by atoms with van der Waals surface area (Å²) in [7, 11) is 0. The van der Waals surface area contributed by atoms with Crippen molar-refractivity contribution in [2.75, 3.05) is 6.61 Å². The minimum absolute atomic E-state index is 0.228. The Kier molecular flexibility index (Phi) is 4.35. The molecule has 0 amide bonds. The maximum Gasteiger partial charge on any atom is 0.331 e. The maximum atomic E-state index is 11.5. The summed E-state index contributed by atoms with van der Waals surface area (Å²) in [6.07, 6.45) is 6.94. The lowest BCUT2D eigenvalue weighted by molar-refractivity contribution is -0.137. The zero-order valence-electron chi connectivity index (χ0n) is 10.7. The van der Waals surface area contributed by atoms with E-state index >= 15 is 0 Å². The third-order valence-electron chi connectivity index (χ3n) is 3.02. The molecule has 2 rings (SSSR count). The third kappa shape index (κ3) is 3.33. The standard InChI is InChI=1S/C16H18O2/c1-2-18-16(17)12-15-10-6-9-14(15)11-13-7-4-3-5-8-13/h3-5,7-8,11-12H,2,6,9-10H2,1H3/b14-11+,15-12+. The Balaban J connectivity index is 2.17. The van der Waals surface area contributed by atoms with Gasteiger partial charge >= 0.3 is 5.97 Å². The molecule has 1 fully saturated rings. The molecule has 0 bridgehead atoms. The number of carbonyl (C=O) groups excluding carboxylic acids is 1. The van der Waals surface area contributed by atoms with E-state index in [0.717, 1.165) is 24.8 Å². The van der Waals surface area contributed by atoms with Gasteiger partial charge in [0.2, 0.25) is 0 Å². The van der Waals surface area contributed by atoms with Gasteiger partial charge < -0.3 is 4.74 Å². The molecule has 0 heterocycles. The molecule has 1 saturated carbocycles. The first kappa shape index (κ1) is 12.6. The van der Waals surface area contributed by atoms with Crippen molar-refractivity contribution in [3.63, 3.8) is 0 Å². The normalized spacial score (nSPS) is 19.4. The van der Waals surface area contributed by atoms with E-state index in [9.17, 15) is 4.79 Å². The van der Waals surface area contributed by atoms with E-state index in [1.807, 2.05) is 25.1 Å². The molecule has 2 nitrogen and oxygen atoms in total. The smallest absolute Gasteiger partial charge is 0.331 e. The second-order valence-corrected chi connectivity index (χ2v) is 4.36. The Hall–Kier alpha value is -1.83. The number of rotatable bonds is 3. The van der Waals surface area contributed by atoms with Crippen LogP contribution in [0.3, 0.4) is 0 Å². The summed E-state index contributed by atoms with van der Waals surface area (Å²) in [5, 5.41) is 0. The highest BCUT2D eigenvalue weighted by Crippen LogP contribution is 2.31. The van der Waals surface area contributed by atoms with Gasteiger partial charge in [0, 0.05) is 6.08 Å². The molecule has 1 aromatic carbocycles. The number of esters is 1. The predicted octanol–water partition coefficient (Wildman–Crippen LogP) is 3.74. The molecule has 0 saturated heterocycles. The lowest BCUT2D eigenvalue weighted by Gasteiger charge is -2.02. The average Bonchev–Trinajstić information content (AvgIpc) is 2.78. The average molecular weight is 242 g/mol. The molecule has 1 aliphatic carbocycles. The van der Waals surface area contributed by atoms with Gasteiger partial charge in [0.05, 0.1) is 6.61 Å². The number of allylic oxidation sites excluding steroid dienone is 2. The Labute approximate surface area is 108 Å². The van der Waals surface area contributed by atoms with Crippen molar-refractivity contribution >= 4 is 12.0 Å². The Morgan fingerprint density at radius 1 is 1.22 bits per heavy atom. The molecular weight excluding hydrogens is 224 g/mol. The molecule has 0 radical (unpaired) electrons. The third-order valence-corrected chi connectivity index (χ3v) is 3.02. The van der Waals surface area contributed by atoms with Crippen LogP contribution >= 0.6 is 0 Å². The van der Waals surface area contributed by atoms with Crippen LogP contribution < -0.4 is 0 Å². The molecule has 0 spiro atoms. The summed E-state index contributed by atoms with van der Waals surface area (Å²) in [5.41, 5.74) is 3.57. The second kappa shape index (κ2) is 6.20. The van der Waals surface area contributed by atoms with E-state index in [0.29, 0.717) is 6.61 Å². The number of ether oxygens (including phenoxy) is 1. The lowest BCUT2D eigenvalue weighted by atomic mass is 10.1. The molecule has 0 N–H and O–H groups in total. The van der Waals surface area contributed by atoms with Gasteiger partial charge in [-0.05, 0) is 42.9 Å². The Morgan fingerprint density at radius 2 is 1.94 bits per heavy atom. The van der Waals surface area contributed by atoms with Crippen LogP contribution in [0.2, 0.25) is 0 Å². The first-order valence-electron chi connectivity index (χ1n) is 6.43. The van der Waals surface area contributed by atoms with Gasteiger partial charge in [0.25, 0.3) is 0 Å². The van der Waals surface area contributed by atoms with Crippen molar-refractivity contribution in [1.29, 1.82) is 0 Å². The molecule has 2 heteroatoms. The van der Waals surface area contributed by atoms with Crippen LogP contribution in [0.1, 0.15) is 31.7 Å². The highest BCUT2D eigenvalue weighted by atomic mass is 16.5. The fraction of sp³-hybridized carbons (Fsp3) is 0.312. The summed E-state index contributed by atoms with van der Waals surface area (Å²) >= 11 is 0. The van der Waals surface area contributed by atoms with E-state index < -0.39 is 0 Å². The zero-order chi connectivity index (χ0) is 12.8. The maximum absolute atomic E-state index is 11.5.